The van der Waals surface area contributed by atoms with E-state index in [4.69, 9.17) is 14.1 Å². The van der Waals surface area contributed by atoms with Crippen molar-refractivity contribution in [3.63, 3.8) is 0 Å². The topological polar surface area (TPSA) is 80.5 Å². The normalized spacial score (nSPS) is 11.7. The highest BCUT2D eigenvalue weighted by Gasteiger charge is 2.17. The van der Waals surface area contributed by atoms with E-state index in [1.807, 2.05) is 78.6 Å². The van der Waals surface area contributed by atoms with Gasteiger partial charge in [0.1, 0.15) is 17.3 Å². The SMILES string of the molecule is COc1cccc(Cc2nsc(N(CCC(=O)NC(C)c3ccccc3)Cc3ccco3)n2)c1. The highest BCUT2D eigenvalue weighted by molar-refractivity contribution is 7.09. The van der Waals surface area contributed by atoms with E-state index in [-0.39, 0.29) is 11.9 Å². The number of methoxy groups -OCH3 is 1. The minimum Gasteiger partial charge on any atom is -0.497 e. The van der Waals surface area contributed by atoms with E-state index in [1.165, 1.54) is 11.5 Å². The minimum absolute atomic E-state index is 0.0121. The van der Waals surface area contributed by atoms with Crippen molar-refractivity contribution in [3.05, 3.63) is 95.7 Å². The van der Waals surface area contributed by atoms with Crippen molar-refractivity contribution < 1.29 is 13.9 Å². The van der Waals surface area contributed by atoms with Crippen molar-refractivity contribution in [2.24, 2.45) is 0 Å². The molecule has 4 aromatic rings. The molecule has 8 heteroatoms. The standard InChI is InChI=1S/C26H28N4O3S/c1-19(21-9-4-3-5-10-21)27-25(31)13-14-30(18-23-12-7-15-33-23)26-28-24(29-34-26)17-20-8-6-11-22(16-20)32-2/h3-12,15-16,19H,13-14,17-18H2,1-2H3,(H,27,31). The number of benzene rings is 2. The summed E-state index contributed by atoms with van der Waals surface area (Å²) in [4.78, 5) is 19.5. The Bertz CT molecular complexity index is 1180. The number of carbonyl (C=O) groups is 1. The molecule has 0 saturated carbocycles. The summed E-state index contributed by atoms with van der Waals surface area (Å²) < 4.78 is 15.4. The lowest BCUT2D eigenvalue weighted by atomic mass is 10.1. The number of ether oxygens (including phenoxy) is 1. The fraction of sp³-hybridized carbons (Fsp3) is 0.269. The third-order valence-electron chi connectivity index (χ3n) is 5.44. The Morgan fingerprint density at radius 2 is 2.00 bits per heavy atom. The average molecular weight is 477 g/mol. The van der Waals surface area contributed by atoms with Gasteiger partial charge in [-0.2, -0.15) is 4.37 Å². The Labute approximate surface area is 203 Å². The molecule has 2 heterocycles. The Hall–Kier alpha value is -3.65. The van der Waals surface area contributed by atoms with Crippen LogP contribution in [0.5, 0.6) is 5.75 Å². The smallest absolute Gasteiger partial charge is 0.222 e. The van der Waals surface area contributed by atoms with Crippen LogP contribution in [-0.4, -0.2) is 28.9 Å². The number of furan rings is 1. The summed E-state index contributed by atoms with van der Waals surface area (Å²) in [5.74, 6) is 2.34. The molecule has 0 fully saturated rings. The first kappa shape index (κ1) is 23.5. The van der Waals surface area contributed by atoms with E-state index in [2.05, 4.69) is 9.69 Å². The molecule has 1 N–H and O–H groups in total. The molecular weight excluding hydrogens is 448 g/mol. The first-order valence-corrected chi connectivity index (χ1v) is 11.9. The zero-order valence-electron chi connectivity index (χ0n) is 19.3. The van der Waals surface area contributed by atoms with Crippen LogP contribution in [0.25, 0.3) is 0 Å². The number of nitrogens with one attached hydrogen (secondary N) is 1. The molecule has 176 valence electrons. The maximum atomic E-state index is 12.7. The van der Waals surface area contributed by atoms with Crippen molar-refractivity contribution in [2.75, 3.05) is 18.6 Å². The minimum atomic E-state index is -0.0526. The molecule has 0 radical (unpaired) electrons. The van der Waals surface area contributed by atoms with Gasteiger partial charge in [-0.1, -0.05) is 42.5 Å². The molecule has 0 bridgehead atoms. The summed E-state index contributed by atoms with van der Waals surface area (Å²) in [5.41, 5.74) is 2.16. The van der Waals surface area contributed by atoms with Gasteiger partial charge < -0.3 is 19.4 Å². The Morgan fingerprint density at radius 3 is 2.76 bits per heavy atom. The van der Waals surface area contributed by atoms with Crippen molar-refractivity contribution in [3.8, 4) is 5.75 Å². The van der Waals surface area contributed by atoms with Gasteiger partial charge in [0.15, 0.2) is 0 Å². The van der Waals surface area contributed by atoms with E-state index in [0.717, 1.165) is 33.6 Å². The van der Waals surface area contributed by atoms with E-state index >= 15 is 0 Å². The second-order valence-corrected chi connectivity index (χ2v) is 8.70. The van der Waals surface area contributed by atoms with Crippen LogP contribution in [0.1, 0.15) is 42.1 Å². The second-order valence-electron chi connectivity index (χ2n) is 7.97. The molecule has 1 amide bonds. The number of hydrogen-bond donors (Lipinski definition) is 1. The first-order chi connectivity index (χ1) is 16.6. The maximum absolute atomic E-state index is 12.7. The second kappa shape index (κ2) is 11.5. The predicted octanol–water partition coefficient (Wildman–Crippen LogP) is 5.00. The van der Waals surface area contributed by atoms with Crippen LogP contribution < -0.4 is 15.0 Å². The van der Waals surface area contributed by atoms with Gasteiger partial charge in [-0.3, -0.25) is 4.79 Å². The van der Waals surface area contributed by atoms with Gasteiger partial charge in [-0.05, 0) is 42.3 Å². The van der Waals surface area contributed by atoms with Gasteiger partial charge in [-0.15, -0.1) is 0 Å². The predicted molar refractivity (Wildman–Crippen MR) is 133 cm³/mol. The quantitative estimate of drug-likeness (QED) is 0.328. The van der Waals surface area contributed by atoms with Crippen LogP contribution in [0.2, 0.25) is 0 Å². The van der Waals surface area contributed by atoms with E-state index in [0.29, 0.717) is 25.9 Å². The molecule has 0 aliphatic carbocycles. The fourth-order valence-electron chi connectivity index (χ4n) is 3.62. The van der Waals surface area contributed by atoms with Gasteiger partial charge in [0.25, 0.3) is 0 Å². The average Bonchev–Trinajstić information content (AvgIpc) is 3.54. The molecule has 34 heavy (non-hydrogen) atoms. The van der Waals surface area contributed by atoms with Crippen LogP contribution in [0.3, 0.4) is 0 Å². The lowest BCUT2D eigenvalue weighted by molar-refractivity contribution is -0.121. The number of carbonyl (C=O) groups excluding carboxylic acids is 1. The molecule has 0 spiro atoms. The summed E-state index contributed by atoms with van der Waals surface area (Å²) in [5, 5.41) is 3.84. The monoisotopic (exact) mass is 476 g/mol. The summed E-state index contributed by atoms with van der Waals surface area (Å²) in [7, 11) is 1.65. The summed E-state index contributed by atoms with van der Waals surface area (Å²) in [6.07, 6.45) is 2.59. The van der Waals surface area contributed by atoms with Crippen LogP contribution >= 0.6 is 11.5 Å². The first-order valence-electron chi connectivity index (χ1n) is 11.2. The van der Waals surface area contributed by atoms with E-state index in [1.54, 1.807) is 13.4 Å². The molecular formula is C26H28N4O3S. The van der Waals surface area contributed by atoms with E-state index < -0.39 is 0 Å². The Balaban J connectivity index is 1.41. The molecule has 1 unspecified atom stereocenters. The lowest BCUT2D eigenvalue weighted by Crippen LogP contribution is -2.32. The summed E-state index contributed by atoms with van der Waals surface area (Å²) in [6.45, 7) is 3.01. The van der Waals surface area contributed by atoms with Crippen LogP contribution in [-0.2, 0) is 17.8 Å². The van der Waals surface area contributed by atoms with E-state index in [9.17, 15) is 4.79 Å². The number of nitrogens with zero attached hydrogens (tertiary/aromatic N) is 3. The van der Waals surface area contributed by atoms with Crippen molar-refractivity contribution >= 4 is 22.6 Å². The third-order valence-corrected chi connectivity index (χ3v) is 6.25. The van der Waals surface area contributed by atoms with Gasteiger partial charge in [0.2, 0.25) is 11.0 Å². The van der Waals surface area contributed by atoms with Gasteiger partial charge in [-0.25, -0.2) is 4.98 Å². The third kappa shape index (κ3) is 6.45. The maximum Gasteiger partial charge on any atom is 0.222 e. The molecule has 0 aliphatic rings. The largest absolute Gasteiger partial charge is 0.497 e. The zero-order valence-corrected chi connectivity index (χ0v) is 20.1. The molecule has 2 aromatic carbocycles. The van der Waals surface area contributed by atoms with Crippen molar-refractivity contribution in [1.82, 2.24) is 14.7 Å². The molecule has 4 rings (SSSR count). The molecule has 0 aliphatic heterocycles. The zero-order chi connectivity index (χ0) is 23.8. The number of anilines is 1. The summed E-state index contributed by atoms with van der Waals surface area (Å²) in [6, 6.07) is 21.6. The number of aromatic nitrogens is 2. The fourth-order valence-corrected chi connectivity index (χ4v) is 4.33. The molecule has 0 saturated heterocycles. The highest BCUT2D eigenvalue weighted by Crippen LogP contribution is 2.23. The van der Waals surface area contributed by atoms with Crippen LogP contribution in [0.4, 0.5) is 5.13 Å². The van der Waals surface area contributed by atoms with Crippen LogP contribution in [0.15, 0.2) is 77.4 Å². The van der Waals surface area contributed by atoms with Crippen molar-refractivity contribution in [1.29, 1.82) is 0 Å². The van der Waals surface area contributed by atoms with Gasteiger partial charge in [0, 0.05) is 30.9 Å². The van der Waals surface area contributed by atoms with Gasteiger partial charge in [0.05, 0.1) is 26.0 Å². The molecule has 2 aromatic heterocycles. The Kier molecular flexibility index (Phi) is 7.93. The summed E-state index contributed by atoms with van der Waals surface area (Å²) >= 11 is 1.33. The van der Waals surface area contributed by atoms with Crippen LogP contribution in [0, 0.1) is 0 Å². The number of amides is 1. The molecule has 1 atom stereocenters. The lowest BCUT2D eigenvalue weighted by Gasteiger charge is -2.21. The highest BCUT2D eigenvalue weighted by atomic mass is 32.1. The Morgan fingerprint density at radius 1 is 1.15 bits per heavy atom. The van der Waals surface area contributed by atoms with Crippen molar-refractivity contribution in [2.45, 2.75) is 32.4 Å². The van der Waals surface area contributed by atoms with Gasteiger partial charge >= 0.3 is 0 Å². The number of rotatable bonds is 11. The number of hydrogen-bond acceptors (Lipinski definition) is 7. The molecule has 7 nitrogen and oxygen atoms in total.